The lowest BCUT2D eigenvalue weighted by molar-refractivity contribution is -0.387. The molecule has 21 heterocycles. The average Bonchev–Trinajstić information content (AvgIpc) is 0.760. The molecule has 0 aromatic carbocycles. The van der Waals surface area contributed by atoms with Gasteiger partial charge in [-0.05, 0) is 0 Å². The Morgan fingerprint density at radius 3 is 0.294 bits per heavy atom. The Morgan fingerprint density at radius 1 is 0.143 bits per heavy atom. The van der Waals surface area contributed by atoms with Gasteiger partial charge in [-0.2, -0.15) is 0 Å². The van der Waals surface area contributed by atoms with Crippen molar-refractivity contribution >= 4 is 125 Å². The van der Waals surface area contributed by atoms with E-state index in [9.17, 15) is 136 Å². The fraction of sp³-hybridized carbons (Fsp3) is 0.700. The summed E-state index contributed by atoms with van der Waals surface area (Å²) in [5.74, 6) is -37.7. The maximum Gasteiger partial charge on any atom is 0.335 e. The Balaban J connectivity index is 1.45. The van der Waals surface area contributed by atoms with Crippen LogP contribution in [0.1, 0.15) is 96.9 Å². The Hall–Kier alpha value is -11.7. The van der Waals surface area contributed by atoms with Gasteiger partial charge in [-0.1, -0.05) is 0 Å². The molecular weight excluding hydrogens is 1740 g/mol. The standard InChI is InChI=1S/C70H84O56/c1-15(71)99-36-29-43(57(85)86)120-64(50(36)106-22(8)78)114-30-37(100-16(2)72)52(108-24(10)80)66(122-44(30)58(87)88)116-32-39(102-18(4)74)54(110-26(12)82)68(124-46(32)60(91)92)118-34-41(104-20(6)76)56(112-28(14)84)70(126-48(34)62(95)96)119-35-42(105-21(7)77)55(111-27(13)83)69(125-49(35)63(97)98)117-33-40(103-19(5)75)53(109-25(11)81)67(123-47(33)61(93)94)115-31-38(101-17(3)73)51(107-23(9)79)65(113-29)121-45(31)59(89)90/h29-56,64-70H,1-14H3,(H,85,86)(H,87,88)(H,89,90)(H,91,92)(H,93,94)(H,95,96)(H,97,98)/t29-,30-,31-,32-,33-,34-,35-,36-,37-,38-,39-,40-,41-,42-,43-,44-,45-,46-,47-,48-,49-,50+,51+,52+,53+,54+,55+,56+,64-,65-,66-,67-,68-,69-,70-/m0/s1. The third-order valence-electron chi connectivity index (χ3n) is 18.4. The van der Waals surface area contributed by atoms with E-state index in [1.807, 2.05) is 0 Å². The van der Waals surface area contributed by atoms with Gasteiger partial charge in [-0.3, -0.25) is 67.1 Å². The smallest absolute Gasteiger partial charge is 0.335 e. The minimum atomic E-state index is -3.00. The maximum atomic E-state index is 13.9. The maximum absolute atomic E-state index is 13.9. The van der Waals surface area contributed by atoms with Crippen molar-refractivity contribution in [3.63, 3.8) is 0 Å². The summed E-state index contributed by atoms with van der Waals surface area (Å²) in [6.07, 6.45) is -99.1. The van der Waals surface area contributed by atoms with E-state index < -0.39 is 340 Å². The van der Waals surface area contributed by atoms with E-state index in [1.165, 1.54) is 0 Å². The van der Waals surface area contributed by atoms with Crippen LogP contribution in [-0.2, 0) is 233 Å². The summed E-state index contributed by atoms with van der Waals surface area (Å²) in [6.45, 7) is 8.47. The molecule has 21 aliphatic rings. The SMILES string of the molecule is CC(=O)O[C@@H]1[C@@H](OC(C)=O)[C@H]2O[C@H]3[C@H](OC(C)=O)[C@@H](OC(C)=O)[C@@H](O[C@H]4[C@H](OC(C)=O)[C@@H](OC(C)=O)[C@@H](O[C@H]5[C@H](OC(C)=O)[C@@H](OC(C)=O)[C@@H](O[C@H]6[C@H](OC(C)=O)[C@@H](OC(C)=O)[C@@H](O[C@H]7[C@H](OC(C)=O)[C@@H](OC(C)=O)[C@@H](O[C@H]8[C@H](OC(C)=O)[C@@H](OC(C)=O)[C@@H](O[C@@H]1[C@@H](C(=O)O)O2)O[C@@H]8C(=O)O)O[C@@H]7C(=O)O)O[C@@H]6C(=O)O)O[C@@H]5C(=O)O)O[C@@H]4C(=O)O)O[C@@H]3C(=O)O. The molecule has 0 aliphatic carbocycles. The van der Waals surface area contributed by atoms with Crippen molar-refractivity contribution in [1.82, 2.24) is 0 Å². The van der Waals surface area contributed by atoms with Gasteiger partial charge in [0, 0.05) is 96.9 Å². The second-order valence-electron chi connectivity index (χ2n) is 28.1. The highest BCUT2D eigenvalue weighted by atomic mass is 16.8. The van der Waals surface area contributed by atoms with E-state index in [4.69, 9.17) is 133 Å². The number of carboxylic acid groups (broad SMARTS) is 7. The third kappa shape index (κ3) is 24.1. The lowest BCUT2D eigenvalue weighted by atomic mass is 9.94. The minimum Gasteiger partial charge on any atom is -0.479 e. The van der Waals surface area contributed by atoms with Crippen LogP contribution < -0.4 is 0 Å². The van der Waals surface area contributed by atoms with Crippen molar-refractivity contribution in [2.24, 2.45) is 0 Å². The number of rotatable bonds is 21. The predicted octanol–water partition coefficient (Wildman–Crippen LogP) is -6.59. The largest absolute Gasteiger partial charge is 0.479 e. The van der Waals surface area contributed by atoms with Crippen molar-refractivity contribution < 1.29 is 269 Å². The van der Waals surface area contributed by atoms with E-state index in [0.717, 1.165) is 0 Å². The molecule has 21 rings (SSSR count). The predicted molar refractivity (Wildman–Crippen MR) is 366 cm³/mol. The zero-order valence-corrected chi connectivity index (χ0v) is 67.8. The second kappa shape index (κ2) is 42.1. The van der Waals surface area contributed by atoms with E-state index in [-0.39, 0.29) is 0 Å². The Labute approximate surface area is 704 Å². The zero-order chi connectivity index (χ0) is 94.1. The van der Waals surface area contributed by atoms with Gasteiger partial charge in [0.15, 0.2) is 172 Å². The molecule has 21 fully saturated rings. The molecule has 56 nitrogen and oxygen atoms in total. The van der Waals surface area contributed by atoms with Gasteiger partial charge < -0.3 is 168 Å². The summed E-state index contributed by atoms with van der Waals surface area (Å²) >= 11 is 0. The summed E-state index contributed by atoms with van der Waals surface area (Å²) in [6, 6.07) is 0. The minimum absolute atomic E-state index is 0.600. The number of carbonyl (C=O) groups excluding carboxylic acids is 14. The first-order valence-corrected chi connectivity index (χ1v) is 37.0. The first-order chi connectivity index (χ1) is 58.8. The summed E-state index contributed by atoms with van der Waals surface area (Å²) in [5.41, 5.74) is 0. The highest BCUT2D eigenvalue weighted by molar-refractivity contribution is 5.80. The van der Waals surface area contributed by atoms with Crippen LogP contribution in [0.2, 0.25) is 0 Å². The van der Waals surface area contributed by atoms with E-state index in [1.54, 1.807) is 0 Å². The highest BCUT2D eigenvalue weighted by Gasteiger charge is 2.68. The van der Waals surface area contributed by atoms with E-state index >= 15 is 0 Å². The van der Waals surface area contributed by atoms with Gasteiger partial charge in [-0.15, -0.1) is 0 Å². The topological polar surface area (TPSA) is 759 Å². The van der Waals surface area contributed by atoms with Crippen molar-refractivity contribution in [2.75, 3.05) is 0 Å². The second-order valence-corrected chi connectivity index (χ2v) is 28.1. The van der Waals surface area contributed by atoms with Crippen LogP contribution in [0.15, 0.2) is 0 Å². The number of carboxylic acids is 7. The Morgan fingerprint density at radius 2 is 0.222 bits per heavy atom. The summed E-state index contributed by atoms with van der Waals surface area (Å²) in [5, 5.41) is 78.3. The van der Waals surface area contributed by atoms with Crippen molar-refractivity contribution in [3.8, 4) is 0 Å². The van der Waals surface area contributed by atoms with Gasteiger partial charge >= 0.3 is 125 Å². The molecule has 21 saturated heterocycles. The van der Waals surface area contributed by atoms with Crippen LogP contribution >= 0.6 is 0 Å². The number of aliphatic carboxylic acids is 7. The van der Waals surface area contributed by atoms with Crippen LogP contribution in [0, 0.1) is 0 Å². The summed E-state index contributed by atoms with van der Waals surface area (Å²) in [4.78, 5) is 286. The quantitative estimate of drug-likeness (QED) is 0.0415. The van der Waals surface area contributed by atoms with Crippen LogP contribution in [0.3, 0.4) is 0 Å². The van der Waals surface area contributed by atoms with Crippen LogP contribution in [-0.4, -0.2) is 376 Å². The zero-order valence-electron chi connectivity index (χ0n) is 67.8. The first kappa shape index (κ1) is 99.7. The molecule has 0 amide bonds. The molecule has 0 radical (unpaired) electrons. The molecule has 126 heavy (non-hydrogen) atoms. The van der Waals surface area contributed by atoms with Crippen LogP contribution in [0.5, 0.6) is 0 Å². The number of carbonyl (C=O) groups is 21. The summed E-state index contributed by atoms with van der Waals surface area (Å²) < 4.78 is 161. The van der Waals surface area contributed by atoms with Gasteiger partial charge in [-0.25, -0.2) is 33.6 Å². The van der Waals surface area contributed by atoms with Crippen molar-refractivity contribution in [3.05, 3.63) is 0 Å². The van der Waals surface area contributed by atoms with E-state index in [0.29, 0.717) is 96.9 Å². The lowest BCUT2D eigenvalue weighted by Crippen LogP contribution is -2.71. The molecule has 35 atom stereocenters. The molecular formula is C70H84O56. The molecule has 21 aliphatic heterocycles. The van der Waals surface area contributed by atoms with Gasteiger partial charge in [0.2, 0.25) is 0 Å². The number of hydrogen-bond donors (Lipinski definition) is 7. The number of ether oxygens (including phenoxy) is 28. The molecule has 0 aromatic heterocycles. The Kier molecular flexibility index (Phi) is 33.3. The first-order valence-electron chi connectivity index (χ1n) is 37.0. The molecule has 0 unspecified atom stereocenters. The Bertz CT molecular complexity index is 3470. The normalized spacial score (nSPS) is 37.3. The molecule has 0 spiro atoms. The number of esters is 14. The van der Waals surface area contributed by atoms with Gasteiger partial charge in [0.05, 0.1) is 0 Å². The van der Waals surface area contributed by atoms with Crippen molar-refractivity contribution in [2.45, 2.75) is 312 Å². The lowest BCUT2D eigenvalue weighted by Gasteiger charge is -2.50. The molecule has 7 N–H and O–H groups in total. The highest BCUT2D eigenvalue weighted by Crippen LogP contribution is 2.45. The van der Waals surface area contributed by atoms with Gasteiger partial charge in [0.1, 0.15) is 42.7 Å². The van der Waals surface area contributed by atoms with E-state index in [2.05, 4.69) is 0 Å². The summed E-state index contributed by atoms with van der Waals surface area (Å²) in [7, 11) is 0. The molecule has 56 heteroatoms. The number of hydrogen-bond acceptors (Lipinski definition) is 49. The molecule has 0 saturated carbocycles. The fourth-order valence-electron chi connectivity index (χ4n) is 14.5. The third-order valence-corrected chi connectivity index (χ3v) is 18.4. The van der Waals surface area contributed by atoms with Crippen LogP contribution in [0.25, 0.3) is 0 Å². The monoisotopic (exact) mass is 1820 g/mol. The average molecular weight is 1820 g/mol. The van der Waals surface area contributed by atoms with Crippen molar-refractivity contribution in [1.29, 1.82) is 0 Å². The molecule has 0 aromatic rings. The molecule has 700 valence electrons. The van der Waals surface area contributed by atoms with Crippen LogP contribution in [0.4, 0.5) is 0 Å². The fourth-order valence-corrected chi connectivity index (χ4v) is 14.5. The molecule has 14 bridgehead atoms. The van der Waals surface area contributed by atoms with Gasteiger partial charge in [0.25, 0.3) is 0 Å².